The average molecular weight is 438 g/mol. The van der Waals surface area contributed by atoms with E-state index < -0.39 is 11.6 Å². The van der Waals surface area contributed by atoms with E-state index in [4.69, 9.17) is 5.73 Å². The van der Waals surface area contributed by atoms with Gasteiger partial charge in [-0.15, -0.1) is 0 Å². The van der Waals surface area contributed by atoms with E-state index in [2.05, 4.69) is 9.97 Å². The van der Waals surface area contributed by atoms with E-state index in [1.165, 1.54) is 24.1 Å². The molecule has 4 heterocycles. The summed E-state index contributed by atoms with van der Waals surface area (Å²) in [5, 5.41) is 0.975. The lowest BCUT2D eigenvalue weighted by Crippen LogP contribution is -2.40. The topological polar surface area (TPSA) is 60.0 Å². The third-order valence-corrected chi connectivity index (χ3v) is 6.53. The Balaban J connectivity index is 1.45. The normalized spacial score (nSPS) is 15.0. The lowest BCUT2D eigenvalue weighted by Gasteiger charge is -2.32. The highest BCUT2D eigenvalue weighted by Crippen LogP contribution is 2.35. The van der Waals surface area contributed by atoms with Crippen LogP contribution in [0.3, 0.4) is 0 Å². The highest BCUT2D eigenvalue weighted by molar-refractivity contribution is 7.98. The average Bonchev–Trinajstić information content (AvgIpc) is 3.18. The van der Waals surface area contributed by atoms with Gasteiger partial charge in [0.1, 0.15) is 5.69 Å². The van der Waals surface area contributed by atoms with E-state index in [-0.39, 0.29) is 11.7 Å². The van der Waals surface area contributed by atoms with Gasteiger partial charge < -0.3 is 10.6 Å². The SMILES string of the molecule is NC1CCN(c2c(F)cc(Sn3ccc4c(-c5ccccn5)cncc43)cc2F)CC1. The van der Waals surface area contributed by atoms with Crippen molar-refractivity contribution in [3.05, 3.63) is 72.8 Å². The molecule has 1 aromatic carbocycles. The highest BCUT2D eigenvalue weighted by atomic mass is 32.2. The van der Waals surface area contributed by atoms with Gasteiger partial charge in [-0.05, 0) is 55.1 Å². The highest BCUT2D eigenvalue weighted by Gasteiger charge is 2.23. The van der Waals surface area contributed by atoms with Crippen molar-refractivity contribution in [2.24, 2.45) is 5.73 Å². The van der Waals surface area contributed by atoms with Crippen LogP contribution in [0.5, 0.6) is 0 Å². The third-order valence-electron chi connectivity index (χ3n) is 5.57. The van der Waals surface area contributed by atoms with Crippen LogP contribution >= 0.6 is 11.9 Å². The molecule has 1 aliphatic heterocycles. The summed E-state index contributed by atoms with van der Waals surface area (Å²) in [7, 11) is 0. The van der Waals surface area contributed by atoms with Crippen LogP contribution in [0.25, 0.3) is 22.2 Å². The number of hydrogen-bond acceptors (Lipinski definition) is 5. The molecule has 3 aromatic heterocycles. The molecule has 0 radical (unpaired) electrons. The number of piperidine rings is 1. The number of aromatic nitrogens is 3. The Morgan fingerprint density at radius 2 is 1.81 bits per heavy atom. The zero-order chi connectivity index (χ0) is 21.4. The number of nitrogens with zero attached hydrogens (tertiary/aromatic N) is 4. The number of nitrogens with two attached hydrogens (primary N) is 1. The molecule has 31 heavy (non-hydrogen) atoms. The van der Waals surface area contributed by atoms with Crippen molar-refractivity contribution in [3.8, 4) is 11.3 Å². The molecule has 0 atom stereocenters. The molecular formula is C23H21F2N5S. The van der Waals surface area contributed by atoms with Crippen molar-refractivity contribution in [3.63, 3.8) is 0 Å². The van der Waals surface area contributed by atoms with E-state index in [1.54, 1.807) is 23.5 Å². The molecule has 4 aromatic rings. The van der Waals surface area contributed by atoms with E-state index in [0.29, 0.717) is 18.0 Å². The maximum atomic E-state index is 14.9. The molecule has 8 heteroatoms. The van der Waals surface area contributed by atoms with E-state index in [0.717, 1.165) is 35.0 Å². The second-order valence-electron chi connectivity index (χ2n) is 7.63. The summed E-state index contributed by atoms with van der Waals surface area (Å²) in [5.41, 5.74) is 8.54. The quantitative estimate of drug-likeness (QED) is 0.494. The van der Waals surface area contributed by atoms with Crippen LogP contribution in [0.15, 0.2) is 66.1 Å². The summed E-state index contributed by atoms with van der Waals surface area (Å²) in [6.45, 7) is 1.12. The van der Waals surface area contributed by atoms with Crippen molar-refractivity contribution < 1.29 is 8.78 Å². The smallest absolute Gasteiger partial charge is 0.150 e. The predicted octanol–water partition coefficient (Wildman–Crippen LogP) is 4.86. The van der Waals surface area contributed by atoms with Gasteiger partial charge in [0.05, 0.1) is 17.4 Å². The molecule has 0 saturated carbocycles. The largest absolute Gasteiger partial charge is 0.367 e. The maximum Gasteiger partial charge on any atom is 0.150 e. The Labute approximate surface area is 183 Å². The minimum absolute atomic E-state index is 0.0349. The van der Waals surface area contributed by atoms with Gasteiger partial charge in [-0.1, -0.05) is 6.07 Å². The van der Waals surface area contributed by atoms with E-state index in [9.17, 15) is 8.78 Å². The number of rotatable bonds is 4. The monoisotopic (exact) mass is 437 g/mol. The molecule has 1 fully saturated rings. The van der Waals surface area contributed by atoms with Crippen LogP contribution in [-0.2, 0) is 0 Å². The van der Waals surface area contributed by atoms with Gasteiger partial charge in [0.15, 0.2) is 11.6 Å². The summed E-state index contributed by atoms with van der Waals surface area (Å²) in [5.74, 6) is -1.11. The lowest BCUT2D eigenvalue weighted by molar-refractivity contribution is 0.482. The van der Waals surface area contributed by atoms with Gasteiger partial charge in [-0.2, -0.15) is 0 Å². The molecule has 2 N–H and O–H groups in total. The number of anilines is 1. The standard InChI is InChI=1S/C23H21F2N5S/c24-19-11-16(12-20(25)23(19)29-8-4-15(26)5-9-29)31-30-10-6-17-18(13-27-14-22(17)30)21-3-1-2-7-28-21/h1-3,6-7,10-15H,4-5,8-9,26H2. The van der Waals surface area contributed by atoms with Gasteiger partial charge in [-0.3, -0.25) is 13.9 Å². The maximum absolute atomic E-state index is 14.9. The number of pyridine rings is 2. The van der Waals surface area contributed by atoms with Crippen LogP contribution in [0.4, 0.5) is 14.5 Å². The first-order valence-electron chi connectivity index (χ1n) is 10.1. The molecule has 0 amide bonds. The van der Waals surface area contributed by atoms with Crippen LogP contribution < -0.4 is 10.6 Å². The predicted molar refractivity (Wildman–Crippen MR) is 120 cm³/mol. The van der Waals surface area contributed by atoms with Gasteiger partial charge in [-0.25, -0.2) is 8.78 Å². The Morgan fingerprint density at radius 1 is 1.03 bits per heavy atom. The Morgan fingerprint density at radius 3 is 2.52 bits per heavy atom. The second kappa shape index (κ2) is 8.28. The van der Waals surface area contributed by atoms with Crippen molar-refractivity contribution in [2.45, 2.75) is 23.8 Å². The molecule has 0 unspecified atom stereocenters. The Kier molecular flexibility index (Phi) is 5.33. The fourth-order valence-electron chi connectivity index (χ4n) is 3.97. The zero-order valence-corrected chi connectivity index (χ0v) is 17.5. The number of halogens is 2. The van der Waals surface area contributed by atoms with Crippen LogP contribution in [0.2, 0.25) is 0 Å². The molecule has 0 bridgehead atoms. The summed E-state index contributed by atoms with van der Waals surface area (Å²) in [6, 6.07) is 10.6. The third kappa shape index (κ3) is 3.88. The number of fused-ring (bicyclic) bond motifs is 1. The number of benzene rings is 1. The molecular weight excluding hydrogens is 416 g/mol. The molecule has 5 rings (SSSR count). The minimum atomic E-state index is -0.554. The molecule has 0 spiro atoms. The Bertz CT molecular complexity index is 1200. The van der Waals surface area contributed by atoms with Gasteiger partial charge in [0.25, 0.3) is 0 Å². The molecule has 1 aliphatic rings. The van der Waals surface area contributed by atoms with Crippen LogP contribution in [0.1, 0.15) is 12.8 Å². The first kappa shape index (κ1) is 20.0. The Hall–Kier alpha value is -2.97. The summed E-state index contributed by atoms with van der Waals surface area (Å²) in [4.78, 5) is 11.0. The second-order valence-corrected chi connectivity index (χ2v) is 8.68. The molecule has 1 saturated heterocycles. The van der Waals surface area contributed by atoms with Crippen LogP contribution in [-0.4, -0.2) is 33.1 Å². The van der Waals surface area contributed by atoms with E-state index >= 15 is 0 Å². The first-order valence-corrected chi connectivity index (χ1v) is 10.9. The van der Waals surface area contributed by atoms with Crippen molar-refractivity contribution in [2.75, 3.05) is 18.0 Å². The molecule has 158 valence electrons. The van der Waals surface area contributed by atoms with Gasteiger partial charge in [0, 0.05) is 53.6 Å². The summed E-state index contributed by atoms with van der Waals surface area (Å²) in [6.07, 6.45) is 8.60. The lowest BCUT2D eigenvalue weighted by atomic mass is 10.1. The summed E-state index contributed by atoms with van der Waals surface area (Å²) < 4.78 is 31.6. The van der Waals surface area contributed by atoms with Crippen molar-refractivity contribution in [1.29, 1.82) is 0 Å². The molecule has 0 aliphatic carbocycles. The first-order chi connectivity index (χ1) is 15.1. The van der Waals surface area contributed by atoms with Crippen molar-refractivity contribution in [1.82, 2.24) is 13.9 Å². The molecule has 5 nitrogen and oxygen atoms in total. The fraction of sp³-hybridized carbons (Fsp3) is 0.217. The number of hydrogen-bond donors (Lipinski definition) is 1. The van der Waals surface area contributed by atoms with Crippen molar-refractivity contribution >= 4 is 28.5 Å². The van der Waals surface area contributed by atoms with Crippen LogP contribution in [0, 0.1) is 11.6 Å². The summed E-state index contributed by atoms with van der Waals surface area (Å²) >= 11 is 1.25. The minimum Gasteiger partial charge on any atom is -0.367 e. The fourth-order valence-corrected chi connectivity index (χ4v) is 4.88. The zero-order valence-electron chi connectivity index (χ0n) is 16.7. The van der Waals surface area contributed by atoms with Gasteiger partial charge in [0.2, 0.25) is 0 Å². The van der Waals surface area contributed by atoms with Gasteiger partial charge >= 0.3 is 0 Å². The van der Waals surface area contributed by atoms with E-state index in [1.807, 2.05) is 34.4 Å².